The number of allylic oxidation sites excluding steroid dienone is 2. The molecule has 0 saturated heterocycles. The number of phenols is 1. The number of benzene rings is 1. The summed E-state index contributed by atoms with van der Waals surface area (Å²) < 4.78 is 7.38. The van der Waals surface area contributed by atoms with Crippen LogP contribution in [0.5, 0.6) is 5.75 Å². The molecule has 0 radical (unpaired) electrons. The summed E-state index contributed by atoms with van der Waals surface area (Å²) in [6.07, 6.45) is 4.49. The smallest absolute Gasteiger partial charge is 0.254 e. The standard InChI is InChI=1S/C22H25N5O3/c1-5-6-14(11-25-4)16-9-10-17(30-16)19-18(22(24)29)21(23)27(26-19)20-12(2)7-8-15(28)13(20)3/h6-11,28H,5,23H2,1-4H3,(H2,24,29)/b14-6+,25-11?. The Labute approximate surface area is 174 Å². The highest BCUT2D eigenvalue weighted by molar-refractivity contribution is 6.09. The van der Waals surface area contributed by atoms with Gasteiger partial charge < -0.3 is 21.0 Å². The summed E-state index contributed by atoms with van der Waals surface area (Å²) in [5.41, 5.74) is 15.0. The zero-order valence-electron chi connectivity index (χ0n) is 17.4. The Balaban J connectivity index is 2.22. The van der Waals surface area contributed by atoms with Crippen LogP contribution >= 0.6 is 0 Å². The van der Waals surface area contributed by atoms with Gasteiger partial charge >= 0.3 is 0 Å². The first-order chi connectivity index (χ1) is 14.3. The molecular formula is C22H25N5O3. The molecule has 0 bridgehead atoms. The van der Waals surface area contributed by atoms with Crippen LogP contribution in [0.2, 0.25) is 0 Å². The maximum atomic E-state index is 12.2. The summed E-state index contributed by atoms with van der Waals surface area (Å²) in [6, 6.07) is 6.84. The number of nitrogen functional groups attached to an aromatic ring is 1. The number of aromatic nitrogens is 2. The summed E-state index contributed by atoms with van der Waals surface area (Å²) in [5.74, 6) is 0.395. The number of anilines is 1. The van der Waals surface area contributed by atoms with Gasteiger partial charge in [0.2, 0.25) is 0 Å². The molecule has 8 heteroatoms. The van der Waals surface area contributed by atoms with Gasteiger partial charge in [0, 0.05) is 24.4 Å². The van der Waals surface area contributed by atoms with Crippen molar-refractivity contribution < 1.29 is 14.3 Å². The number of rotatable bonds is 6. The summed E-state index contributed by atoms with van der Waals surface area (Å²) in [7, 11) is 1.68. The normalized spacial score (nSPS) is 12.1. The third kappa shape index (κ3) is 3.59. The van der Waals surface area contributed by atoms with Crippen molar-refractivity contribution >= 4 is 23.5 Å². The number of carbonyl (C=O) groups is 1. The molecule has 0 aliphatic heterocycles. The second kappa shape index (κ2) is 8.28. The van der Waals surface area contributed by atoms with Crippen LogP contribution in [0.4, 0.5) is 5.82 Å². The molecule has 156 valence electrons. The first-order valence-electron chi connectivity index (χ1n) is 9.50. The highest BCUT2D eigenvalue weighted by atomic mass is 16.3. The van der Waals surface area contributed by atoms with Crippen LogP contribution in [0.1, 0.15) is 40.6 Å². The fourth-order valence-corrected chi connectivity index (χ4v) is 3.36. The zero-order valence-corrected chi connectivity index (χ0v) is 17.4. The Hall–Kier alpha value is -3.81. The number of aliphatic imine (C=N–C) groups is 1. The van der Waals surface area contributed by atoms with Crippen molar-refractivity contribution in [3.63, 3.8) is 0 Å². The lowest BCUT2D eigenvalue weighted by molar-refractivity contribution is 0.100. The molecule has 3 rings (SSSR count). The van der Waals surface area contributed by atoms with Crippen LogP contribution in [0.3, 0.4) is 0 Å². The Bertz CT molecular complexity index is 1170. The highest BCUT2D eigenvalue weighted by Crippen LogP contribution is 2.34. The van der Waals surface area contributed by atoms with Gasteiger partial charge in [-0.2, -0.15) is 5.10 Å². The van der Waals surface area contributed by atoms with Gasteiger partial charge in [-0.25, -0.2) is 4.68 Å². The molecule has 8 nitrogen and oxygen atoms in total. The van der Waals surface area contributed by atoms with Crippen LogP contribution in [-0.2, 0) is 0 Å². The maximum Gasteiger partial charge on any atom is 0.254 e. The van der Waals surface area contributed by atoms with Gasteiger partial charge in [0.05, 0.1) is 5.69 Å². The zero-order chi connectivity index (χ0) is 22.0. The molecule has 0 spiro atoms. The number of carbonyl (C=O) groups excluding carboxylic acids is 1. The second-order valence-corrected chi connectivity index (χ2v) is 6.88. The summed E-state index contributed by atoms with van der Waals surface area (Å²) in [5, 5.41) is 14.7. The number of amides is 1. The van der Waals surface area contributed by atoms with Gasteiger partial charge in [0.1, 0.15) is 28.6 Å². The van der Waals surface area contributed by atoms with Crippen molar-refractivity contribution in [2.75, 3.05) is 12.8 Å². The van der Waals surface area contributed by atoms with Crippen molar-refractivity contribution in [1.29, 1.82) is 0 Å². The molecule has 0 aliphatic carbocycles. The van der Waals surface area contributed by atoms with E-state index in [2.05, 4.69) is 10.1 Å². The van der Waals surface area contributed by atoms with Gasteiger partial charge in [-0.1, -0.05) is 19.1 Å². The van der Waals surface area contributed by atoms with E-state index < -0.39 is 5.91 Å². The van der Waals surface area contributed by atoms with Crippen molar-refractivity contribution in [1.82, 2.24) is 9.78 Å². The molecule has 2 heterocycles. The molecule has 2 aromatic heterocycles. The van der Waals surface area contributed by atoms with Crippen molar-refractivity contribution in [3.8, 4) is 22.9 Å². The van der Waals surface area contributed by atoms with Crippen LogP contribution in [0, 0.1) is 13.8 Å². The predicted molar refractivity (Wildman–Crippen MR) is 118 cm³/mol. The lowest BCUT2D eigenvalue weighted by Crippen LogP contribution is -2.14. The minimum Gasteiger partial charge on any atom is -0.508 e. The number of furan rings is 1. The fraction of sp³-hybridized carbons (Fsp3) is 0.227. The lowest BCUT2D eigenvalue weighted by atomic mass is 10.1. The van der Waals surface area contributed by atoms with E-state index in [0.717, 1.165) is 17.6 Å². The number of primary amides is 1. The Morgan fingerprint density at radius 2 is 2.03 bits per heavy atom. The van der Waals surface area contributed by atoms with E-state index >= 15 is 0 Å². The van der Waals surface area contributed by atoms with Crippen LogP contribution in [-0.4, -0.2) is 34.1 Å². The van der Waals surface area contributed by atoms with E-state index in [4.69, 9.17) is 15.9 Å². The Morgan fingerprint density at radius 3 is 2.67 bits per heavy atom. The van der Waals surface area contributed by atoms with E-state index in [9.17, 15) is 9.90 Å². The van der Waals surface area contributed by atoms with Gasteiger partial charge in [-0.3, -0.25) is 9.79 Å². The molecule has 0 saturated carbocycles. The average Bonchev–Trinajstić information content (AvgIpc) is 3.30. The molecular weight excluding hydrogens is 382 g/mol. The number of aryl methyl sites for hydroxylation is 1. The molecule has 3 aromatic rings. The predicted octanol–water partition coefficient (Wildman–Crippen LogP) is 3.63. The summed E-state index contributed by atoms with van der Waals surface area (Å²) in [4.78, 5) is 16.3. The lowest BCUT2D eigenvalue weighted by Gasteiger charge is -2.12. The number of aromatic hydroxyl groups is 1. The summed E-state index contributed by atoms with van der Waals surface area (Å²) in [6.45, 7) is 5.63. The van der Waals surface area contributed by atoms with Crippen molar-refractivity contribution in [3.05, 3.63) is 52.8 Å². The molecule has 30 heavy (non-hydrogen) atoms. The second-order valence-electron chi connectivity index (χ2n) is 6.88. The first kappa shape index (κ1) is 20.9. The topological polar surface area (TPSA) is 133 Å². The van der Waals surface area contributed by atoms with Crippen LogP contribution < -0.4 is 11.5 Å². The molecule has 1 aromatic carbocycles. The van der Waals surface area contributed by atoms with Crippen molar-refractivity contribution in [2.24, 2.45) is 10.7 Å². The Morgan fingerprint density at radius 1 is 1.30 bits per heavy atom. The molecule has 0 unspecified atom stereocenters. The van der Waals surface area contributed by atoms with Crippen LogP contribution in [0.15, 0.2) is 39.8 Å². The SMILES string of the molecule is CC/C=C(\C=NC)c1ccc(-c2nn(-c3c(C)ccc(O)c3C)c(N)c2C(N)=O)o1. The van der Waals surface area contributed by atoms with Gasteiger partial charge in [-0.15, -0.1) is 0 Å². The number of nitrogens with two attached hydrogens (primary N) is 2. The highest BCUT2D eigenvalue weighted by Gasteiger charge is 2.26. The van der Waals surface area contributed by atoms with E-state index in [1.165, 1.54) is 4.68 Å². The maximum absolute atomic E-state index is 12.2. The van der Waals surface area contributed by atoms with Gasteiger partial charge in [-0.05, 0) is 44.0 Å². The number of hydrogen-bond acceptors (Lipinski definition) is 6. The van der Waals surface area contributed by atoms with Gasteiger partial charge in [0.25, 0.3) is 5.91 Å². The van der Waals surface area contributed by atoms with E-state index in [-0.39, 0.29) is 22.8 Å². The largest absolute Gasteiger partial charge is 0.508 e. The first-order valence-corrected chi connectivity index (χ1v) is 9.50. The minimum absolute atomic E-state index is 0.0585. The number of phenolic OH excluding ortho intramolecular Hbond substituents is 1. The number of nitrogens with zero attached hydrogens (tertiary/aromatic N) is 3. The quantitative estimate of drug-likeness (QED) is 0.537. The molecule has 0 fully saturated rings. The number of hydrogen-bond donors (Lipinski definition) is 3. The fourth-order valence-electron chi connectivity index (χ4n) is 3.36. The van der Waals surface area contributed by atoms with Crippen molar-refractivity contribution in [2.45, 2.75) is 27.2 Å². The third-order valence-corrected chi connectivity index (χ3v) is 4.80. The Kier molecular flexibility index (Phi) is 5.77. The molecule has 0 aliphatic rings. The minimum atomic E-state index is -0.721. The molecule has 1 amide bonds. The van der Waals surface area contributed by atoms with E-state index in [1.54, 1.807) is 44.5 Å². The van der Waals surface area contributed by atoms with Crippen LogP contribution in [0.25, 0.3) is 22.7 Å². The molecule has 0 atom stereocenters. The van der Waals surface area contributed by atoms with E-state index in [0.29, 0.717) is 22.8 Å². The van der Waals surface area contributed by atoms with E-state index in [1.807, 2.05) is 19.9 Å². The molecule has 5 N–H and O–H groups in total. The van der Waals surface area contributed by atoms with Gasteiger partial charge in [0.15, 0.2) is 5.76 Å². The monoisotopic (exact) mass is 407 g/mol. The summed E-state index contributed by atoms with van der Waals surface area (Å²) >= 11 is 0. The third-order valence-electron chi connectivity index (χ3n) is 4.80. The average molecular weight is 407 g/mol.